The Labute approximate surface area is 158 Å². The quantitative estimate of drug-likeness (QED) is 0.864. The Balaban J connectivity index is 1.42. The van der Waals surface area contributed by atoms with Crippen LogP contribution in [0.5, 0.6) is 0 Å². The lowest BCUT2D eigenvalue weighted by Gasteiger charge is -2.20. The van der Waals surface area contributed by atoms with Gasteiger partial charge in [-0.2, -0.15) is 0 Å². The van der Waals surface area contributed by atoms with Crippen LogP contribution in [0.15, 0.2) is 24.5 Å². The Morgan fingerprint density at radius 1 is 1.31 bits per heavy atom. The fourth-order valence-electron chi connectivity index (χ4n) is 3.68. The lowest BCUT2D eigenvalue weighted by molar-refractivity contribution is 0.102. The van der Waals surface area contributed by atoms with Crippen molar-refractivity contribution in [3.05, 3.63) is 35.0 Å². The largest absolute Gasteiger partial charge is 0.356 e. The molecule has 0 aliphatic carbocycles. The number of hydrogen-bond donors (Lipinski definition) is 2. The van der Waals surface area contributed by atoms with Crippen LogP contribution in [-0.4, -0.2) is 42.1 Å². The smallest absolute Gasteiger partial charge is 0.257 e. The molecule has 6 nitrogen and oxygen atoms in total. The molecule has 4 rings (SSSR count). The van der Waals surface area contributed by atoms with Crippen molar-refractivity contribution >= 4 is 28.2 Å². The van der Waals surface area contributed by atoms with E-state index in [9.17, 15) is 4.79 Å². The maximum Gasteiger partial charge on any atom is 0.257 e. The second kappa shape index (κ2) is 7.72. The molecule has 1 amide bonds. The van der Waals surface area contributed by atoms with Gasteiger partial charge in [0.2, 0.25) is 0 Å². The molecule has 2 aromatic heterocycles. The number of pyridine rings is 1. The van der Waals surface area contributed by atoms with Crippen LogP contribution in [0, 0.1) is 5.92 Å². The van der Waals surface area contributed by atoms with E-state index < -0.39 is 0 Å². The van der Waals surface area contributed by atoms with Crippen molar-refractivity contribution in [2.24, 2.45) is 5.92 Å². The van der Waals surface area contributed by atoms with Crippen LogP contribution in [0.1, 0.15) is 47.3 Å². The fourth-order valence-corrected chi connectivity index (χ4v) is 4.66. The third-order valence-electron chi connectivity index (χ3n) is 5.24. The molecule has 2 aromatic rings. The van der Waals surface area contributed by atoms with E-state index in [0.717, 1.165) is 44.8 Å². The molecule has 2 aliphatic rings. The molecule has 0 saturated carbocycles. The molecule has 1 unspecified atom stereocenters. The zero-order valence-electron chi connectivity index (χ0n) is 15.1. The second-order valence-electron chi connectivity index (χ2n) is 7.29. The molecule has 4 heterocycles. The standard InChI is InChI=1S/C19H25N5OS/c1-13-5-9-24(12-13)17-10-15(4-8-21-17)18(25)23-19-22-11-16(26-19)14-2-6-20-7-3-14/h4,8,10-11,13-14,20H,2-3,5-7,9,12H2,1H3,(H,22,23,25). The molecule has 0 radical (unpaired) electrons. The summed E-state index contributed by atoms with van der Waals surface area (Å²) < 4.78 is 0. The predicted molar refractivity (Wildman–Crippen MR) is 105 cm³/mol. The Hall–Kier alpha value is -1.99. The third-order valence-corrected chi connectivity index (χ3v) is 6.32. The first-order valence-electron chi connectivity index (χ1n) is 9.38. The van der Waals surface area contributed by atoms with Gasteiger partial charge in [0.15, 0.2) is 5.13 Å². The first kappa shape index (κ1) is 17.4. The number of nitrogens with zero attached hydrogens (tertiary/aromatic N) is 3. The lowest BCUT2D eigenvalue weighted by atomic mass is 9.97. The van der Waals surface area contributed by atoms with Crippen LogP contribution in [0.2, 0.25) is 0 Å². The number of anilines is 2. The summed E-state index contributed by atoms with van der Waals surface area (Å²) in [5, 5.41) is 7.01. The van der Waals surface area contributed by atoms with E-state index in [1.54, 1.807) is 23.6 Å². The summed E-state index contributed by atoms with van der Waals surface area (Å²) in [5.41, 5.74) is 0.633. The van der Waals surface area contributed by atoms with E-state index in [0.29, 0.717) is 22.5 Å². The molecule has 0 bridgehead atoms. The molecule has 0 aromatic carbocycles. The van der Waals surface area contributed by atoms with Gasteiger partial charge in [0.05, 0.1) is 0 Å². The second-order valence-corrected chi connectivity index (χ2v) is 8.35. The summed E-state index contributed by atoms with van der Waals surface area (Å²) in [4.78, 5) is 25.0. The van der Waals surface area contributed by atoms with Crippen molar-refractivity contribution in [1.29, 1.82) is 0 Å². The highest BCUT2D eigenvalue weighted by Crippen LogP contribution is 2.32. The minimum Gasteiger partial charge on any atom is -0.356 e. The molecule has 138 valence electrons. The van der Waals surface area contributed by atoms with Crippen LogP contribution < -0.4 is 15.5 Å². The normalized spacial score (nSPS) is 21.1. The maximum absolute atomic E-state index is 12.6. The van der Waals surface area contributed by atoms with Gasteiger partial charge in [-0.15, -0.1) is 11.3 Å². The minimum absolute atomic E-state index is 0.118. The first-order chi connectivity index (χ1) is 12.7. The van der Waals surface area contributed by atoms with Gasteiger partial charge in [-0.05, 0) is 56.3 Å². The third kappa shape index (κ3) is 3.88. The molecule has 2 N–H and O–H groups in total. The van der Waals surface area contributed by atoms with Gasteiger partial charge in [-0.1, -0.05) is 6.92 Å². The monoisotopic (exact) mass is 371 g/mol. The molecule has 2 aliphatic heterocycles. The van der Waals surface area contributed by atoms with Crippen molar-refractivity contribution < 1.29 is 4.79 Å². The summed E-state index contributed by atoms with van der Waals surface area (Å²) in [6.07, 6.45) is 7.08. The highest BCUT2D eigenvalue weighted by atomic mass is 32.1. The molecule has 2 fully saturated rings. The van der Waals surface area contributed by atoms with E-state index in [4.69, 9.17) is 0 Å². The van der Waals surface area contributed by atoms with Crippen LogP contribution in [-0.2, 0) is 0 Å². The van der Waals surface area contributed by atoms with Crippen LogP contribution in [0.3, 0.4) is 0 Å². The van der Waals surface area contributed by atoms with Crippen LogP contribution in [0.25, 0.3) is 0 Å². The molecule has 2 saturated heterocycles. The number of amides is 1. The zero-order valence-corrected chi connectivity index (χ0v) is 15.9. The van der Waals surface area contributed by atoms with Crippen molar-refractivity contribution in [3.63, 3.8) is 0 Å². The van der Waals surface area contributed by atoms with Crippen molar-refractivity contribution in [1.82, 2.24) is 15.3 Å². The van der Waals surface area contributed by atoms with E-state index in [1.165, 1.54) is 11.3 Å². The number of thiazole rings is 1. The molecule has 1 atom stereocenters. The van der Waals surface area contributed by atoms with Crippen LogP contribution in [0.4, 0.5) is 10.9 Å². The Bertz CT molecular complexity index is 771. The van der Waals surface area contributed by atoms with Gasteiger partial charge in [0.25, 0.3) is 5.91 Å². The van der Waals surface area contributed by atoms with Gasteiger partial charge < -0.3 is 10.2 Å². The number of carbonyl (C=O) groups excluding carboxylic acids is 1. The molecule has 0 spiro atoms. The minimum atomic E-state index is -0.118. The van der Waals surface area contributed by atoms with Crippen molar-refractivity contribution in [2.45, 2.75) is 32.1 Å². The Morgan fingerprint density at radius 2 is 2.15 bits per heavy atom. The molecular formula is C19H25N5OS. The number of rotatable bonds is 4. The zero-order chi connectivity index (χ0) is 17.9. The van der Waals surface area contributed by atoms with E-state index in [1.807, 2.05) is 12.3 Å². The molecular weight excluding hydrogens is 346 g/mol. The topological polar surface area (TPSA) is 70.2 Å². The van der Waals surface area contributed by atoms with Gasteiger partial charge in [-0.25, -0.2) is 9.97 Å². The number of nitrogens with one attached hydrogen (secondary N) is 2. The van der Waals surface area contributed by atoms with E-state index >= 15 is 0 Å². The number of piperidine rings is 1. The first-order valence-corrected chi connectivity index (χ1v) is 10.2. The summed E-state index contributed by atoms with van der Waals surface area (Å²) in [7, 11) is 0. The fraction of sp³-hybridized carbons (Fsp3) is 0.526. The van der Waals surface area contributed by atoms with E-state index in [2.05, 4.69) is 32.4 Å². The van der Waals surface area contributed by atoms with Gasteiger partial charge in [0.1, 0.15) is 5.82 Å². The summed E-state index contributed by atoms with van der Waals surface area (Å²) in [6, 6.07) is 3.65. The SMILES string of the molecule is CC1CCN(c2cc(C(=O)Nc3ncc(C4CCNCC4)s3)ccn2)C1. The number of aromatic nitrogens is 2. The molecule has 7 heteroatoms. The Kier molecular flexibility index (Phi) is 5.17. The van der Waals surface area contributed by atoms with Crippen LogP contribution >= 0.6 is 11.3 Å². The van der Waals surface area contributed by atoms with Crippen molar-refractivity contribution in [3.8, 4) is 0 Å². The average molecular weight is 372 g/mol. The highest BCUT2D eigenvalue weighted by Gasteiger charge is 2.21. The average Bonchev–Trinajstić information content (AvgIpc) is 3.32. The van der Waals surface area contributed by atoms with Gasteiger partial charge in [0, 0.05) is 35.9 Å². The van der Waals surface area contributed by atoms with Gasteiger partial charge >= 0.3 is 0 Å². The predicted octanol–water partition coefficient (Wildman–Crippen LogP) is 3.10. The van der Waals surface area contributed by atoms with Gasteiger partial charge in [-0.3, -0.25) is 10.1 Å². The Morgan fingerprint density at radius 3 is 2.92 bits per heavy atom. The lowest BCUT2D eigenvalue weighted by Crippen LogP contribution is -2.26. The maximum atomic E-state index is 12.6. The summed E-state index contributed by atoms with van der Waals surface area (Å²) >= 11 is 1.60. The summed E-state index contributed by atoms with van der Waals surface area (Å²) in [6.45, 7) is 6.37. The van der Waals surface area contributed by atoms with E-state index in [-0.39, 0.29) is 5.91 Å². The number of hydrogen-bond acceptors (Lipinski definition) is 6. The van der Waals surface area contributed by atoms with Crippen molar-refractivity contribution in [2.75, 3.05) is 36.4 Å². The summed E-state index contributed by atoms with van der Waals surface area (Å²) in [5.74, 6) is 2.01. The molecule has 26 heavy (non-hydrogen) atoms. The number of carbonyl (C=O) groups is 1. The highest BCUT2D eigenvalue weighted by molar-refractivity contribution is 7.15.